The Bertz CT molecular complexity index is 351. The summed E-state index contributed by atoms with van der Waals surface area (Å²) in [4.78, 5) is 11.5. The summed E-state index contributed by atoms with van der Waals surface area (Å²) in [7, 11) is 0. The number of nitrogens with one attached hydrogen (secondary N) is 1. The van der Waals surface area contributed by atoms with Gasteiger partial charge in [0.05, 0.1) is 11.4 Å². The normalized spacial score (nSPS) is 19.6. The molecule has 1 N–H and O–H groups in total. The Kier molecular flexibility index (Phi) is 2.87. The van der Waals surface area contributed by atoms with Gasteiger partial charge in [0.2, 0.25) is 0 Å². The molecule has 0 saturated heterocycles. The second-order valence-electron chi connectivity index (χ2n) is 3.49. The molecule has 1 aliphatic heterocycles. The van der Waals surface area contributed by atoms with Crippen LogP contribution in [0.15, 0.2) is 24.3 Å². The molecule has 0 aromatic heterocycles. The minimum absolute atomic E-state index is 0.00993. The van der Waals surface area contributed by atoms with Crippen LogP contribution in [-0.2, 0) is 11.2 Å². The molecular formula is C11H12BrNO. The van der Waals surface area contributed by atoms with Crippen LogP contribution in [0.1, 0.15) is 12.0 Å². The topological polar surface area (TPSA) is 29.1 Å². The molecule has 1 unspecified atom stereocenters. The molecule has 74 valence electrons. The first-order chi connectivity index (χ1) is 6.81. The van der Waals surface area contributed by atoms with Crippen LogP contribution < -0.4 is 5.32 Å². The number of Topliss-reactive ketones (excluding diaryl/α,β-unsaturated/α-hetero) is 1. The van der Waals surface area contributed by atoms with Gasteiger partial charge in [-0.2, -0.15) is 0 Å². The molecule has 14 heavy (non-hydrogen) atoms. The van der Waals surface area contributed by atoms with Crippen LogP contribution in [0.5, 0.6) is 0 Å². The van der Waals surface area contributed by atoms with Crippen molar-refractivity contribution in [2.75, 3.05) is 10.6 Å². The molecule has 2 nitrogen and oxygen atoms in total. The molecule has 0 bridgehead atoms. The van der Waals surface area contributed by atoms with Gasteiger partial charge < -0.3 is 5.32 Å². The Labute approximate surface area is 91.8 Å². The second kappa shape index (κ2) is 4.13. The maximum absolute atomic E-state index is 11.5. The van der Waals surface area contributed by atoms with Gasteiger partial charge in [-0.05, 0) is 24.5 Å². The fourth-order valence-corrected chi connectivity index (χ4v) is 2.16. The summed E-state index contributed by atoms with van der Waals surface area (Å²) >= 11 is 3.20. The van der Waals surface area contributed by atoms with E-state index >= 15 is 0 Å². The van der Waals surface area contributed by atoms with Crippen molar-refractivity contribution in [3.8, 4) is 0 Å². The van der Waals surface area contributed by atoms with E-state index in [0.717, 1.165) is 18.5 Å². The number of carbonyl (C=O) groups is 1. The maximum atomic E-state index is 11.5. The fourth-order valence-electron chi connectivity index (χ4n) is 1.77. The number of halogens is 1. The van der Waals surface area contributed by atoms with Gasteiger partial charge in [0.25, 0.3) is 0 Å². The standard InChI is InChI=1S/C11H12BrNO/c12-7-11(14)10-6-5-8-3-1-2-4-9(8)13-10/h1-4,10,13H,5-7H2. The summed E-state index contributed by atoms with van der Waals surface area (Å²) in [5, 5.41) is 3.71. The van der Waals surface area contributed by atoms with Crippen LogP contribution >= 0.6 is 15.9 Å². The van der Waals surface area contributed by atoms with Crippen LogP contribution in [0.4, 0.5) is 5.69 Å². The molecule has 0 saturated carbocycles. The molecule has 1 aromatic carbocycles. The highest BCUT2D eigenvalue weighted by Gasteiger charge is 2.22. The van der Waals surface area contributed by atoms with Crippen LogP contribution in [0.25, 0.3) is 0 Å². The number of carbonyl (C=O) groups excluding carboxylic acids is 1. The van der Waals surface area contributed by atoms with Crippen LogP contribution in [0.2, 0.25) is 0 Å². The third-order valence-electron chi connectivity index (χ3n) is 2.57. The number of benzene rings is 1. The lowest BCUT2D eigenvalue weighted by Gasteiger charge is -2.25. The molecule has 0 spiro atoms. The molecule has 1 aliphatic rings. The molecule has 0 radical (unpaired) electrons. The predicted octanol–water partition coefficient (Wildman–Crippen LogP) is 2.38. The molecule has 1 aromatic rings. The van der Waals surface area contributed by atoms with Gasteiger partial charge in [0.1, 0.15) is 0 Å². The number of hydrogen-bond donors (Lipinski definition) is 1. The summed E-state index contributed by atoms with van der Waals surface area (Å²) in [6.07, 6.45) is 1.90. The fraction of sp³-hybridized carbons (Fsp3) is 0.364. The third-order valence-corrected chi connectivity index (χ3v) is 3.12. The van der Waals surface area contributed by atoms with Gasteiger partial charge >= 0.3 is 0 Å². The summed E-state index contributed by atoms with van der Waals surface area (Å²) in [5.41, 5.74) is 2.42. The average molecular weight is 254 g/mol. The minimum Gasteiger partial charge on any atom is -0.375 e. The first kappa shape index (κ1) is 9.71. The van der Waals surface area contributed by atoms with Crippen molar-refractivity contribution >= 4 is 27.4 Å². The largest absolute Gasteiger partial charge is 0.375 e. The Morgan fingerprint density at radius 3 is 3.07 bits per heavy atom. The number of anilines is 1. The van der Waals surface area contributed by atoms with Crippen molar-refractivity contribution in [3.05, 3.63) is 29.8 Å². The molecule has 0 aliphatic carbocycles. The molecule has 1 heterocycles. The second-order valence-corrected chi connectivity index (χ2v) is 4.05. The molecule has 3 heteroatoms. The van der Waals surface area contributed by atoms with E-state index < -0.39 is 0 Å². The van der Waals surface area contributed by atoms with E-state index in [1.165, 1.54) is 5.56 Å². The first-order valence-electron chi connectivity index (χ1n) is 4.74. The zero-order valence-corrected chi connectivity index (χ0v) is 9.38. The van der Waals surface area contributed by atoms with Crippen molar-refractivity contribution < 1.29 is 4.79 Å². The summed E-state index contributed by atoms with van der Waals surface area (Å²) in [6.45, 7) is 0. The van der Waals surface area contributed by atoms with Gasteiger partial charge in [-0.1, -0.05) is 34.1 Å². The number of ketones is 1. The zero-order valence-electron chi connectivity index (χ0n) is 7.79. The van der Waals surface area contributed by atoms with E-state index in [9.17, 15) is 4.79 Å². The zero-order chi connectivity index (χ0) is 9.97. The van der Waals surface area contributed by atoms with E-state index in [1.807, 2.05) is 18.2 Å². The van der Waals surface area contributed by atoms with Crippen molar-refractivity contribution in [1.29, 1.82) is 0 Å². The predicted molar refractivity (Wildman–Crippen MR) is 61.0 cm³/mol. The van der Waals surface area contributed by atoms with E-state index in [4.69, 9.17) is 0 Å². The average Bonchev–Trinajstić information content (AvgIpc) is 2.27. The number of alkyl halides is 1. The van der Waals surface area contributed by atoms with Crippen molar-refractivity contribution in [1.82, 2.24) is 0 Å². The summed E-state index contributed by atoms with van der Waals surface area (Å²) in [6, 6.07) is 8.16. The minimum atomic E-state index is -0.00993. The Morgan fingerprint density at radius 2 is 2.29 bits per heavy atom. The SMILES string of the molecule is O=C(CBr)C1CCc2ccccc2N1. The summed E-state index contributed by atoms with van der Waals surface area (Å²) < 4.78 is 0. The monoisotopic (exact) mass is 253 g/mol. The van der Waals surface area contributed by atoms with Crippen LogP contribution in [0, 0.1) is 0 Å². The number of hydrogen-bond acceptors (Lipinski definition) is 2. The third kappa shape index (κ3) is 1.82. The molecular weight excluding hydrogens is 242 g/mol. The lowest BCUT2D eigenvalue weighted by Crippen LogP contribution is -2.34. The van der Waals surface area contributed by atoms with E-state index in [0.29, 0.717) is 5.33 Å². The quantitative estimate of drug-likeness (QED) is 0.821. The van der Waals surface area contributed by atoms with Gasteiger partial charge in [-0.3, -0.25) is 4.79 Å². The Balaban J connectivity index is 2.17. The number of para-hydroxylation sites is 1. The highest BCUT2D eigenvalue weighted by molar-refractivity contribution is 9.09. The van der Waals surface area contributed by atoms with E-state index in [-0.39, 0.29) is 11.8 Å². The van der Waals surface area contributed by atoms with E-state index in [2.05, 4.69) is 27.3 Å². The molecule has 2 rings (SSSR count). The maximum Gasteiger partial charge on any atom is 0.165 e. The number of aryl methyl sites for hydroxylation is 1. The van der Waals surface area contributed by atoms with Gasteiger partial charge in [0, 0.05) is 5.69 Å². The number of rotatable bonds is 2. The molecule has 0 amide bonds. The Morgan fingerprint density at radius 1 is 1.50 bits per heavy atom. The van der Waals surface area contributed by atoms with Crippen molar-refractivity contribution in [2.24, 2.45) is 0 Å². The first-order valence-corrected chi connectivity index (χ1v) is 5.86. The highest BCUT2D eigenvalue weighted by Crippen LogP contribution is 2.24. The van der Waals surface area contributed by atoms with Gasteiger partial charge in [-0.25, -0.2) is 0 Å². The van der Waals surface area contributed by atoms with Crippen LogP contribution in [0.3, 0.4) is 0 Å². The summed E-state index contributed by atoms with van der Waals surface area (Å²) in [5.74, 6) is 0.236. The smallest absolute Gasteiger partial charge is 0.165 e. The molecule has 1 atom stereocenters. The lowest BCUT2D eigenvalue weighted by molar-refractivity contribution is -0.117. The van der Waals surface area contributed by atoms with Crippen LogP contribution in [-0.4, -0.2) is 17.2 Å². The van der Waals surface area contributed by atoms with Crippen molar-refractivity contribution in [2.45, 2.75) is 18.9 Å². The lowest BCUT2D eigenvalue weighted by atomic mass is 9.96. The number of fused-ring (bicyclic) bond motifs is 1. The van der Waals surface area contributed by atoms with Crippen molar-refractivity contribution in [3.63, 3.8) is 0 Å². The van der Waals surface area contributed by atoms with E-state index in [1.54, 1.807) is 0 Å². The highest BCUT2D eigenvalue weighted by atomic mass is 79.9. The molecule has 0 fully saturated rings. The van der Waals surface area contributed by atoms with Gasteiger partial charge in [0.15, 0.2) is 5.78 Å². The van der Waals surface area contributed by atoms with Gasteiger partial charge in [-0.15, -0.1) is 0 Å². The Hall–Kier alpha value is -0.830.